The Balaban J connectivity index is 2.42. The molecule has 2 aromatic rings. The number of halogens is 2. The molecule has 0 aliphatic carbocycles. The number of nitrogens with zero attached hydrogens (tertiary/aromatic N) is 3. The Labute approximate surface area is 186 Å². The first kappa shape index (κ1) is 22.9. The number of hydrogen-bond acceptors (Lipinski definition) is 4. The van der Waals surface area contributed by atoms with Gasteiger partial charge >= 0.3 is 0 Å². The lowest BCUT2D eigenvalue weighted by molar-refractivity contribution is -0.121. The normalized spacial score (nSPS) is 11.6. The van der Waals surface area contributed by atoms with Crippen molar-refractivity contribution in [1.29, 1.82) is 0 Å². The van der Waals surface area contributed by atoms with E-state index in [1.165, 1.54) is 0 Å². The molecule has 2 rings (SSSR count). The van der Waals surface area contributed by atoms with E-state index in [4.69, 9.17) is 16.6 Å². The summed E-state index contributed by atoms with van der Waals surface area (Å²) >= 11 is 8.29. The standard InChI is InChI=1S/C21H28ClIN4O/c1-13(2)19-24-14(3)18(23)20(25-19)27(12-17(28)26-21(4,5)6)11-15-7-9-16(22)10-8-15/h7-10,13H,11-12H2,1-6H3,(H,26,28). The molecule has 1 heterocycles. The maximum atomic E-state index is 12.7. The maximum absolute atomic E-state index is 12.7. The molecule has 1 N–H and O–H groups in total. The molecule has 1 aromatic heterocycles. The fourth-order valence-corrected chi connectivity index (χ4v) is 3.39. The van der Waals surface area contributed by atoms with Crippen molar-refractivity contribution in [2.75, 3.05) is 11.4 Å². The number of carbonyl (C=O) groups is 1. The molecule has 0 unspecified atom stereocenters. The second kappa shape index (κ2) is 9.39. The van der Waals surface area contributed by atoms with Crippen LogP contribution in [0.5, 0.6) is 0 Å². The summed E-state index contributed by atoms with van der Waals surface area (Å²) in [5.41, 5.74) is 1.69. The fraction of sp³-hybridized carbons (Fsp3) is 0.476. The minimum absolute atomic E-state index is 0.0420. The smallest absolute Gasteiger partial charge is 0.239 e. The van der Waals surface area contributed by atoms with E-state index in [1.807, 2.05) is 56.9 Å². The van der Waals surface area contributed by atoms with E-state index in [1.54, 1.807) is 0 Å². The van der Waals surface area contributed by atoms with E-state index in [0.717, 1.165) is 26.5 Å². The number of carbonyl (C=O) groups excluding carboxylic acids is 1. The van der Waals surface area contributed by atoms with Crippen LogP contribution >= 0.6 is 34.2 Å². The van der Waals surface area contributed by atoms with Gasteiger partial charge < -0.3 is 10.2 Å². The van der Waals surface area contributed by atoms with Gasteiger partial charge in [-0.1, -0.05) is 37.6 Å². The van der Waals surface area contributed by atoms with Gasteiger partial charge in [-0.3, -0.25) is 4.79 Å². The van der Waals surface area contributed by atoms with Crippen molar-refractivity contribution in [3.63, 3.8) is 0 Å². The first-order valence-electron chi connectivity index (χ1n) is 9.30. The number of amides is 1. The molecule has 0 bridgehead atoms. The molecule has 0 saturated heterocycles. The van der Waals surface area contributed by atoms with Crippen LogP contribution in [0.1, 0.15) is 57.6 Å². The largest absolute Gasteiger partial charge is 0.350 e. The van der Waals surface area contributed by atoms with Gasteiger partial charge in [-0.25, -0.2) is 9.97 Å². The summed E-state index contributed by atoms with van der Waals surface area (Å²) in [6, 6.07) is 7.67. The third-order valence-electron chi connectivity index (χ3n) is 3.97. The lowest BCUT2D eigenvalue weighted by atomic mass is 10.1. The molecule has 1 amide bonds. The van der Waals surface area contributed by atoms with Crippen LogP contribution in [0.3, 0.4) is 0 Å². The first-order chi connectivity index (χ1) is 13.0. The number of rotatable bonds is 6. The molecular formula is C21H28ClIN4O. The van der Waals surface area contributed by atoms with E-state index >= 15 is 0 Å². The summed E-state index contributed by atoms with van der Waals surface area (Å²) in [5, 5.41) is 3.73. The minimum atomic E-state index is -0.291. The number of hydrogen-bond donors (Lipinski definition) is 1. The van der Waals surface area contributed by atoms with Crippen molar-refractivity contribution in [3.05, 3.63) is 49.9 Å². The Morgan fingerprint density at radius 3 is 2.36 bits per heavy atom. The van der Waals surface area contributed by atoms with Crippen LogP contribution in [0.15, 0.2) is 24.3 Å². The number of nitrogens with one attached hydrogen (secondary N) is 1. The molecule has 28 heavy (non-hydrogen) atoms. The Morgan fingerprint density at radius 2 is 1.82 bits per heavy atom. The molecule has 0 spiro atoms. The molecule has 1 aromatic carbocycles. The summed E-state index contributed by atoms with van der Waals surface area (Å²) in [4.78, 5) is 24.1. The Morgan fingerprint density at radius 1 is 1.21 bits per heavy atom. The quantitative estimate of drug-likeness (QED) is 0.546. The van der Waals surface area contributed by atoms with Crippen molar-refractivity contribution >= 4 is 45.9 Å². The molecule has 5 nitrogen and oxygen atoms in total. The highest BCUT2D eigenvalue weighted by molar-refractivity contribution is 14.1. The van der Waals surface area contributed by atoms with E-state index in [-0.39, 0.29) is 23.9 Å². The highest BCUT2D eigenvalue weighted by atomic mass is 127. The van der Waals surface area contributed by atoms with Gasteiger partial charge in [0.1, 0.15) is 11.6 Å². The number of benzene rings is 1. The van der Waals surface area contributed by atoms with Crippen LogP contribution in [0.25, 0.3) is 0 Å². The van der Waals surface area contributed by atoms with E-state index in [2.05, 4.69) is 46.7 Å². The summed E-state index contributed by atoms with van der Waals surface area (Å²) in [6.45, 7) is 12.8. The molecule has 0 radical (unpaired) electrons. The third-order valence-corrected chi connectivity index (χ3v) is 5.48. The molecule has 0 fully saturated rings. The zero-order valence-electron chi connectivity index (χ0n) is 17.3. The predicted octanol–water partition coefficient (Wildman–Crippen LogP) is 5.09. The Kier molecular flexibility index (Phi) is 7.67. The van der Waals surface area contributed by atoms with Gasteiger partial charge in [0.15, 0.2) is 0 Å². The summed E-state index contributed by atoms with van der Waals surface area (Å²) in [6.07, 6.45) is 0. The van der Waals surface area contributed by atoms with Gasteiger partial charge in [0.05, 0.1) is 15.8 Å². The summed E-state index contributed by atoms with van der Waals surface area (Å²) in [7, 11) is 0. The number of aryl methyl sites for hydroxylation is 1. The summed E-state index contributed by atoms with van der Waals surface area (Å²) in [5.74, 6) is 1.73. The second-order valence-corrected chi connectivity index (χ2v) is 9.76. The van der Waals surface area contributed by atoms with Crippen molar-refractivity contribution in [2.45, 2.75) is 59.5 Å². The molecule has 152 valence electrons. The monoisotopic (exact) mass is 514 g/mol. The number of aromatic nitrogens is 2. The van der Waals surface area contributed by atoms with Crippen LogP contribution in [-0.2, 0) is 11.3 Å². The predicted molar refractivity (Wildman–Crippen MR) is 124 cm³/mol. The molecule has 0 saturated carbocycles. The maximum Gasteiger partial charge on any atom is 0.239 e. The van der Waals surface area contributed by atoms with E-state index in [9.17, 15) is 4.79 Å². The average molecular weight is 515 g/mol. The van der Waals surface area contributed by atoms with Crippen LogP contribution in [0, 0.1) is 10.5 Å². The molecule has 7 heteroatoms. The van der Waals surface area contributed by atoms with Crippen LogP contribution in [-0.4, -0.2) is 28.0 Å². The molecule has 0 aliphatic rings. The van der Waals surface area contributed by atoms with Crippen molar-refractivity contribution in [1.82, 2.24) is 15.3 Å². The first-order valence-corrected chi connectivity index (χ1v) is 10.8. The van der Waals surface area contributed by atoms with Gasteiger partial charge in [-0.15, -0.1) is 0 Å². The minimum Gasteiger partial charge on any atom is -0.350 e. The zero-order valence-corrected chi connectivity index (χ0v) is 20.2. The van der Waals surface area contributed by atoms with E-state index in [0.29, 0.717) is 11.6 Å². The SMILES string of the molecule is Cc1nc(C(C)C)nc(N(CC(=O)NC(C)(C)C)Cc2ccc(Cl)cc2)c1I. The van der Waals surface area contributed by atoms with Gasteiger partial charge in [0.2, 0.25) is 5.91 Å². The fourth-order valence-electron chi connectivity index (χ4n) is 2.68. The summed E-state index contributed by atoms with van der Waals surface area (Å²) < 4.78 is 0.958. The van der Waals surface area contributed by atoms with Gasteiger partial charge in [0.25, 0.3) is 0 Å². The highest BCUT2D eigenvalue weighted by Crippen LogP contribution is 2.26. The van der Waals surface area contributed by atoms with Crippen LogP contribution < -0.4 is 10.2 Å². The Hall–Kier alpha value is -1.41. The number of anilines is 1. The lowest BCUT2D eigenvalue weighted by Crippen LogP contribution is -2.46. The van der Waals surface area contributed by atoms with E-state index < -0.39 is 0 Å². The van der Waals surface area contributed by atoms with Crippen LogP contribution in [0.2, 0.25) is 5.02 Å². The zero-order chi connectivity index (χ0) is 21.1. The van der Waals surface area contributed by atoms with Gasteiger partial charge in [-0.05, 0) is 68.0 Å². The van der Waals surface area contributed by atoms with Crippen molar-refractivity contribution < 1.29 is 4.79 Å². The third kappa shape index (κ3) is 6.58. The Bertz CT molecular complexity index is 832. The van der Waals surface area contributed by atoms with Gasteiger partial charge in [-0.2, -0.15) is 0 Å². The molecule has 0 aliphatic heterocycles. The lowest BCUT2D eigenvalue weighted by Gasteiger charge is -2.28. The highest BCUT2D eigenvalue weighted by Gasteiger charge is 2.22. The van der Waals surface area contributed by atoms with Gasteiger partial charge in [0, 0.05) is 23.0 Å². The topological polar surface area (TPSA) is 58.1 Å². The molecular weight excluding hydrogens is 487 g/mol. The molecule has 0 atom stereocenters. The van der Waals surface area contributed by atoms with Crippen molar-refractivity contribution in [3.8, 4) is 0 Å². The van der Waals surface area contributed by atoms with Crippen molar-refractivity contribution in [2.24, 2.45) is 0 Å². The average Bonchev–Trinajstić information content (AvgIpc) is 2.56. The second-order valence-electron chi connectivity index (χ2n) is 8.24. The van der Waals surface area contributed by atoms with Crippen LogP contribution in [0.4, 0.5) is 5.82 Å².